The van der Waals surface area contributed by atoms with Crippen LogP contribution in [0.3, 0.4) is 0 Å². The minimum atomic E-state index is -3.44. The van der Waals surface area contributed by atoms with E-state index in [4.69, 9.17) is 28.2 Å². The molecule has 42 heavy (non-hydrogen) atoms. The predicted octanol–water partition coefficient (Wildman–Crippen LogP) is 5.84. The standard InChI is InChI=1S/C30H27Cl2FN4O4S/c1-17(2)34-30-35-26-16-36(28(38)19-6-13-24(31)25(32)14-19)27(18-4-7-20(33)8-5-18)15-23(26)29(39)37(30)21-9-11-22(12-10-21)42(3,40)41/h4-14,17,27H,15-16H2,1-3H3,(H,34,35)/t27-/m0/s1. The number of anilines is 1. The van der Waals surface area contributed by atoms with Gasteiger partial charge < -0.3 is 10.2 Å². The fourth-order valence-electron chi connectivity index (χ4n) is 4.94. The zero-order chi connectivity index (χ0) is 30.3. The van der Waals surface area contributed by atoms with E-state index < -0.39 is 21.7 Å². The molecule has 0 spiro atoms. The summed E-state index contributed by atoms with van der Waals surface area (Å²) in [5.74, 6) is -0.527. The van der Waals surface area contributed by atoms with E-state index in [-0.39, 0.29) is 46.3 Å². The fraction of sp³-hybridized carbons (Fsp3) is 0.233. The number of nitrogens with one attached hydrogen (secondary N) is 1. The lowest BCUT2D eigenvalue weighted by Gasteiger charge is -2.37. The van der Waals surface area contributed by atoms with Gasteiger partial charge in [-0.25, -0.2) is 22.4 Å². The second kappa shape index (κ2) is 11.5. The van der Waals surface area contributed by atoms with Gasteiger partial charge in [0.1, 0.15) is 5.82 Å². The molecule has 0 fully saturated rings. The first kappa shape index (κ1) is 29.8. The van der Waals surface area contributed by atoms with Crippen molar-refractivity contribution in [2.75, 3.05) is 11.6 Å². The molecular weight excluding hydrogens is 602 g/mol. The minimum Gasteiger partial charge on any atom is -0.353 e. The molecule has 0 saturated heterocycles. The van der Waals surface area contributed by atoms with Gasteiger partial charge >= 0.3 is 0 Å². The van der Waals surface area contributed by atoms with Gasteiger partial charge in [0.25, 0.3) is 11.5 Å². The molecule has 1 aliphatic rings. The number of rotatable bonds is 6. The molecule has 0 bridgehead atoms. The van der Waals surface area contributed by atoms with Crippen LogP contribution in [0.2, 0.25) is 10.0 Å². The summed E-state index contributed by atoms with van der Waals surface area (Å²) < 4.78 is 39.2. The van der Waals surface area contributed by atoms with Gasteiger partial charge in [0, 0.05) is 29.8 Å². The SMILES string of the molecule is CC(C)Nc1nc2c(c(=O)n1-c1ccc(S(C)(=O)=O)cc1)C[C@@H](c1ccc(F)cc1)N(C(=O)c1ccc(Cl)c(Cl)c1)C2. The van der Waals surface area contributed by atoms with Crippen LogP contribution in [0.15, 0.2) is 76.4 Å². The number of carbonyl (C=O) groups excluding carboxylic acids is 1. The van der Waals surface area contributed by atoms with Crippen LogP contribution in [0.1, 0.15) is 47.1 Å². The molecule has 0 aliphatic carbocycles. The number of hydrogen-bond acceptors (Lipinski definition) is 6. The molecule has 1 atom stereocenters. The van der Waals surface area contributed by atoms with E-state index >= 15 is 0 Å². The van der Waals surface area contributed by atoms with Crippen molar-refractivity contribution < 1.29 is 17.6 Å². The maximum atomic E-state index is 14.1. The Balaban J connectivity index is 1.66. The molecule has 218 valence electrons. The summed E-state index contributed by atoms with van der Waals surface area (Å²) in [5, 5.41) is 3.74. The average molecular weight is 630 g/mol. The van der Waals surface area contributed by atoms with E-state index in [2.05, 4.69) is 5.32 Å². The lowest BCUT2D eigenvalue weighted by atomic mass is 9.92. The van der Waals surface area contributed by atoms with Crippen molar-refractivity contribution in [1.82, 2.24) is 14.5 Å². The highest BCUT2D eigenvalue weighted by Gasteiger charge is 2.35. The molecule has 12 heteroatoms. The Bertz CT molecular complexity index is 1840. The van der Waals surface area contributed by atoms with Crippen LogP contribution >= 0.6 is 23.2 Å². The number of aromatic nitrogens is 2. The second-order valence-electron chi connectivity index (χ2n) is 10.4. The first-order chi connectivity index (χ1) is 19.8. The Labute approximate surface area is 252 Å². The van der Waals surface area contributed by atoms with Gasteiger partial charge in [-0.2, -0.15) is 0 Å². The van der Waals surface area contributed by atoms with Crippen molar-refractivity contribution in [2.45, 2.75) is 43.8 Å². The van der Waals surface area contributed by atoms with Crippen molar-refractivity contribution in [3.63, 3.8) is 0 Å². The molecule has 4 aromatic rings. The molecule has 5 rings (SSSR count). The van der Waals surface area contributed by atoms with Crippen LogP contribution < -0.4 is 10.9 Å². The molecule has 8 nitrogen and oxygen atoms in total. The topological polar surface area (TPSA) is 101 Å². The molecule has 2 heterocycles. The molecule has 3 aromatic carbocycles. The van der Waals surface area contributed by atoms with Crippen molar-refractivity contribution in [3.8, 4) is 5.69 Å². The molecular formula is C30H27Cl2FN4O4S. The monoisotopic (exact) mass is 628 g/mol. The van der Waals surface area contributed by atoms with E-state index in [1.807, 2.05) is 13.8 Å². The van der Waals surface area contributed by atoms with Gasteiger partial charge in [0.05, 0.1) is 38.9 Å². The van der Waals surface area contributed by atoms with E-state index in [1.54, 1.807) is 41.3 Å². The minimum absolute atomic E-state index is 0.00628. The van der Waals surface area contributed by atoms with E-state index in [1.165, 1.54) is 34.9 Å². The number of halogens is 3. The molecule has 1 aromatic heterocycles. The predicted molar refractivity (Wildman–Crippen MR) is 161 cm³/mol. The highest BCUT2D eigenvalue weighted by atomic mass is 35.5. The quantitative estimate of drug-likeness (QED) is 0.288. The number of hydrogen-bond donors (Lipinski definition) is 1. The van der Waals surface area contributed by atoms with Gasteiger partial charge in [-0.3, -0.25) is 9.59 Å². The highest BCUT2D eigenvalue weighted by Crippen LogP contribution is 2.35. The average Bonchev–Trinajstić information content (AvgIpc) is 2.93. The van der Waals surface area contributed by atoms with Crippen LogP contribution in [0.5, 0.6) is 0 Å². The molecule has 0 saturated carbocycles. The number of sulfone groups is 1. The molecule has 1 amide bonds. The molecule has 1 N–H and O–H groups in total. The second-order valence-corrected chi connectivity index (χ2v) is 13.2. The van der Waals surface area contributed by atoms with Crippen LogP contribution in [-0.2, 0) is 22.8 Å². The first-order valence-electron chi connectivity index (χ1n) is 13.1. The van der Waals surface area contributed by atoms with Crippen molar-refractivity contribution in [1.29, 1.82) is 0 Å². The van der Waals surface area contributed by atoms with E-state index in [9.17, 15) is 22.4 Å². The summed E-state index contributed by atoms with van der Waals surface area (Å²) in [4.78, 5) is 34.5. The fourth-order valence-corrected chi connectivity index (χ4v) is 5.87. The van der Waals surface area contributed by atoms with Crippen molar-refractivity contribution in [2.24, 2.45) is 0 Å². The van der Waals surface area contributed by atoms with E-state index in [0.29, 0.717) is 33.1 Å². The highest BCUT2D eigenvalue weighted by molar-refractivity contribution is 7.90. The summed E-state index contributed by atoms with van der Waals surface area (Å²) in [6, 6.07) is 15.7. The largest absolute Gasteiger partial charge is 0.353 e. The summed E-state index contributed by atoms with van der Waals surface area (Å²) in [6.45, 7) is 3.80. The van der Waals surface area contributed by atoms with Crippen molar-refractivity contribution in [3.05, 3.63) is 115 Å². The Hall–Kier alpha value is -3.73. The number of benzene rings is 3. The summed E-state index contributed by atoms with van der Waals surface area (Å²) >= 11 is 12.3. The van der Waals surface area contributed by atoms with Crippen LogP contribution in [-0.4, -0.2) is 41.1 Å². The Kier molecular flexibility index (Phi) is 8.15. The third-order valence-corrected chi connectivity index (χ3v) is 8.85. The molecule has 0 unspecified atom stereocenters. The Morgan fingerprint density at radius 2 is 1.69 bits per heavy atom. The summed E-state index contributed by atoms with van der Waals surface area (Å²) in [7, 11) is -3.44. The van der Waals surface area contributed by atoms with Crippen LogP contribution in [0, 0.1) is 5.82 Å². The van der Waals surface area contributed by atoms with E-state index in [0.717, 1.165) is 6.26 Å². The van der Waals surface area contributed by atoms with Gasteiger partial charge in [-0.1, -0.05) is 35.3 Å². The summed E-state index contributed by atoms with van der Waals surface area (Å²) in [6.07, 6.45) is 1.23. The zero-order valence-electron chi connectivity index (χ0n) is 22.9. The maximum Gasteiger partial charge on any atom is 0.263 e. The number of amides is 1. The van der Waals surface area contributed by atoms with Crippen LogP contribution in [0.25, 0.3) is 5.69 Å². The third-order valence-electron chi connectivity index (χ3n) is 6.98. The number of nitrogens with zero attached hydrogens (tertiary/aromatic N) is 3. The van der Waals surface area contributed by atoms with Crippen molar-refractivity contribution >= 4 is 44.9 Å². The first-order valence-corrected chi connectivity index (χ1v) is 15.7. The van der Waals surface area contributed by atoms with Gasteiger partial charge in [-0.05, 0) is 74.0 Å². The van der Waals surface area contributed by atoms with Gasteiger partial charge in [0.15, 0.2) is 9.84 Å². The zero-order valence-corrected chi connectivity index (χ0v) is 25.3. The van der Waals surface area contributed by atoms with Gasteiger partial charge in [-0.15, -0.1) is 0 Å². The lowest BCUT2D eigenvalue weighted by molar-refractivity contribution is 0.0632. The molecule has 1 aliphatic heterocycles. The van der Waals surface area contributed by atoms with Crippen LogP contribution in [0.4, 0.5) is 10.3 Å². The third kappa shape index (κ3) is 5.92. The Morgan fingerprint density at radius 3 is 2.29 bits per heavy atom. The lowest BCUT2D eigenvalue weighted by Crippen LogP contribution is -2.43. The number of carbonyl (C=O) groups is 1. The number of fused-ring (bicyclic) bond motifs is 1. The Morgan fingerprint density at radius 1 is 1.02 bits per heavy atom. The molecule has 0 radical (unpaired) electrons. The van der Waals surface area contributed by atoms with Gasteiger partial charge in [0.2, 0.25) is 5.95 Å². The smallest absolute Gasteiger partial charge is 0.263 e. The normalized spacial score (nSPS) is 15.0. The summed E-state index contributed by atoms with van der Waals surface area (Å²) in [5.41, 5.74) is 1.83. The maximum absolute atomic E-state index is 14.1.